The summed E-state index contributed by atoms with van der Waals surface area (Å²) in [5.41, 5.74) is 3.45. The van der Waals surface area contributed by atoms with Crippen molar-refractivity contribution in [1.82, 2.24) is 4.37 Å². The Balaban J connectivity index is 1.57. The van der Waals surface area contributed by atoms with Gasteiger partial charge in [0.05, 0.1) is 16.3 Å². The number of carbonyl (C=O) groups excluding carboxylic acids is 1. The number of rotatable bonds is 4. The fourth-order valence-electron chi connectivity index (χ4n) is 3.13. The van der Waals surface area contributed by atoms with E-state index in [-0.39, 0.29) is 6.10 Å². The molecule has 4 nitrogen and oxygen atoms in total. The Hall–Kier alpha value is -3.18. The third-order valence-electron chi connectivity index (χ3n) is 4.65. The minimum absolute atomic E-state index is 0.336. The molecular weight excluding hydrogens is 368 g/mol. The van der Waals surface area contributed by atoms with Gasteiger partial charge in [-0.05, 0) is 53.3 Å². The molecule has 1 amide bonds. The zero-order valence-electron chi connectivity index (χ0n) is 15.7. The highest BCUT2D eigenvalue weighted by molar-refractivity contribution is 7.10. The van der Waals surface area contributed by atoms with Crippen LogP contribution in [0.2, 0.25) is 0 Å². The van der Waals surface area contributed by atoms with Crippen molar-refractivity contribution in [3.8, 4) is 10.4 Å². The van der Waals surface area contributed by atoms with E-state index in [1.54, 1.807) is 0 Å². The van der Waals surface area contributed by atoms with Gasteiger partial charge in [0.2, 0.25) is 0 Å². The van der Waals surface area contributed by atoms with E-state index in [0.29, 0.717) is 5.69 Å². The maximum absolute atomic E-state index is 12.5. The summed E-state index contributed by atoms with van der Waals surface area (Å²) >= 11 is 1.37. The number of nitrogens with one attached hydrogen (secondary N) is 1. The molecule has 4 rings (SSSR count). The van der Waals surface area contributed by atoms with Crippen LogP contribution in [-0.4, -0.2) is 10.5 Å². The Morgan fingerprint density at radius 3 is 2.50 bits per heavy atom. The first kappa shape index (κ1) is 18.2. The average Bonchev–Trinajstić information content (AvgIpc) is 3.08. The summed E-state index contributed by atoms with van der Waals surface area (Å²) < 4.78 is 9.99. The lowest BCUT2D eigenvalue weighted by Gasteiger charge is -2.14. The maximum Gasteiger partial charge on any atom is 0.412 e. The highest BCUT2D eigenvalue weighted by Gasteiger charge is 2.18. The van der Waals surface area contributed by atoms with Gasteiger partial charge in [0, 0.05) is 0 Å². The number of benzene rings is 3. The molecule has 0 spiro atoms. The Labute approximate surface area is 168 Å². The molecular formula is C23H20N2O2S. The Morgan fingerprint density at radius 1 is 1.00 bits per heavy atom. The molecule has 4 aromatic rings. The summed E-state index contributed by atoms with van der Waals surface area (Å²) in [5, 5.41) is 5.22. The molecule has 1 aromatic heterocycles. The largest absolute Gasteiger partial charge is 0.441 e. The Morgan fingerprint density at radius 2 is 1.71 bits per heavy atom. The summed E-state index contributed by atoms with van der Waals surface area (Å²) in [6.07, 6.45) is -0.820. The van der Waals surface area contributed by atoms with E-state index in [1.807, 2.05) is 56.3 Å². The molecule has 0 aliphatic carbocycles. The highest BCUT2D eigenvalue weighted by atomic mass is 32.1. The summed E-state index contributed by atoms with van der Waals surface area (Å²) in [6, 6.07) is 24.1. The second-order valence-corrected chi connectivity index (χ2v) is 7.39. The first-order valence-electron chi connectivity index (χ1n) is 9.10. The van der Waals surface area contributed by atoms with Crippen LogP contribution in [0.3, 0.4) is 0 Å². The quantitative estimate of drug-likeness (QED) is 0.429. The van der Waals surface area contributed by atoms with Crippen LogP contribution < -0.4 is 5.32 Å². The Bertz CT molecular complexity index is 1120. The van der Waals surface area contributed by atoms with Gasteiger partial charge in [-0.25, -0.2) is 4.79 Å². The smallest absolute Gasteiger partial charge is 0.412 e. The topological polar surface area (TPSA) is 51.2 Å². The second kappa shape index (κ2) is 7.82. The van der Waals surface area contributed by atoms with Crippen molar-refractivity contribution in [2.24, 2.45) is 0 Å². The number of aromatic nitrogens is 1. The van der Waals surface area contributed by atoms with E-state index in [0.717, 1.165) is 27.1 Å². The third-order valence-corrected chi connectivity index (χ3v) is 5.64. The van der Waals surface area contributed by atoms with Crippen LogP contribution in [-0.2, 0) is 4.74 Å². The van der Waals surface area contributed by atoms with Crippen LogP contribution in [0, 0.1) is 6.92 Å². The number of aryl methyl sites for hydroxylation is 1. The summed E-state index contributed by atoms with van der Waals surface area (Å²) in [4.78, 5) is 13.4. The van der Waals surface area contributed by atoms with Gasteiger partial charge < -0.3 is 4.74 Å². The number of fused-ring (bicyclic) bond motifs is 1. The first-order valence-corrected chi connectivity index (χ1v) is 9.87. The van der Waals surface area contributed by atoms with Crippen molar-refractivity contribution in [1.29, 1.82) is 0 Å². The molecule has 3 aromatic carbocycles. The molecule has 0 unspecified atom stereocenters. The maximum atomic E-state index is 12.5. The molecule has 28 heavy (non-hydrogen) atoms. The molecule has 1 N–H and O–H groups in total. The van der Waals surface area contributed by atoms with Gasteiger partial charge in [-0.3, -0.25) is 5.32 Å². The van der Waals surface area contributed by atoms with Gasteiger partial charge in [-0.1, -0.05) is 66.7 Å². The lowest BCUT2D eigenvalue weighted by Crippen LogP contribution is -2.16. The molecule has 5 heteroatoms. The van der Waals surface area contributed by atoms with Crippen LogP contribution in [0.25, 0.3) is 21.2 Å². The molecule has 0 aliphatic heterocycles. The van der Waals surface area contributed by atoms with Crippen molar-refractivity contribution in [2.45, 2.75) is 20.0 Å². The van der Waals surface area contributed by atoms with Gasteiger partial charge in [0.1, 0.15) is 6.10 Å². The van der Waals surface area contributed by atoms with Crippen LogP contribution in [0.15, 0.2) is 72.8 Å². The molecule has 140 valence electrons. The fraction of sp³-hybridized carbons (Fsp3) is 0.130. The highest BCUT2D eigenvalue weighted by Crippen LogP contribution is 2.36. The monoisotopic (exact) mass is 388 g/mol. The summed E-state index contributed by atoms with van der Waals surface area (Å²) in [6.45, 7) is 3.75. The molecule has 0 bridgehead atoms. The minimum Gasteiger partial charge on any atom is -0.441 e. The van der Waals surface area contributed by atoms with Gasteiger partial charge in [0.15, 0.2) is 0 Å². The summed E-state index contributed by atoms with van der Waals surface area (Å²) in [5.74, 6) is 0. The average molecular weight is 388 g/mol. The molecule has 1 heterocycles. The predicted molar refractivity (Wildman–Crippen MR) is 115 cm³/mol. The number of ether oxygens (including phenoxy) is 1. The number of anilines is 1. The molecule has 0 saturated heterocycles. The van der Waals surface area contributed by atoms with Crippen LogP contribution in [0.5, 0.6) is 0 Å². The fourth-order valence-corrected chi connectivity index (χ4v) is 3.97. The Kier molecular flexibility index (Phi) is 5.08. The van der Waals surface area contributed by atoms with Crippen molar-refractivity contribution in [3.63, 3.8) is 0 Å². The predicted octanol–water partition coefficient (Wildman–Crippen LogP) is 6.58. The number of hydrogen-bond donors (Lipinski definition) is 1. The lowest BCUT2D eigenvalue weighted by atomic mass is 10.1. The molecule has 0 radical (unpaired) electrons. The zero-order chi connectivity index (χ0) is 19.5. The van der Waals surface area contributed by atoms with Crippen molar-refractivity contribution in [2.75, 3.05) is 5.32 Å². The molecule has 0 fully saturated rings. The van der Waals surface area contributed by atoms with Crippen LogP contribution in [0.1, 0.15) is 24.3 Å². The van der Waals surface area contributed by atoms with Gasteiger partial charge in [-0.2, -0.15) is 4.37 Å². The van der Waals surface area contributed by atoms with E-state index >= 15 is 0 Å². The van der Waals surface area contributed by atoms with Crippen molar-refractivity contribution >= 4 is 34.1 Å². The second-order valence-electron chi connectivity index (χ2n) is 6.62. The third kappa shape index (κ3) is 3.75. The van der Waals surface area contributed by atoms with E-state index in [4.69, 9.17) is 4.74 Å². The number of hydrogen-bond acceptors (Lipinski definition) is 4. The first-order chi connectivity index (χ1) is 13.6. The van der Waals surface area contributed by atoms with Crippen LogP contribution in [0.4, 0.5) is 10.5 Å². The summed E-state index contributed by atoms with van der Waals surface area (Å²) in [7, 11) is 0. The van der Waals surface area contributed by atoms with E-state index in [2.05, 4.69) is 40.0 Å². The zero-order valence-corrected chi connectivity index (χ0v) is 16.5. The number of nitrogens with zero attached hydrogens (tertiary/aromatic N) is 1. The van der Waals surface area contributed by atoms with Gasteiger partial charge >= 0.3 is 6.09 Å². The number of amides is 1. The lowest BCUT2D eigenvalue weighted by molar-refractivity contribution is 0.121. The molecule has 0 saturated carbocycles. The van der Waals surface area contributed by atoms with E-state index < -0.39 is 6.09 Å². The van der Waals surface area contributed by atoms with Crippen LogP contribution >= 0.6 is 11.5 Å². The molecule has 1 atom stereocenters. The minimum atomic E-state index is -0.485. The van der Waals surface area contributed by atoms with Gasteiger partial charge in [-0.15, -0.1) is 0 Å². The SMILES string of the molecule is Cc1nsc(-c2ccc3ccccc3c2)c1NC(=O)O[C@H](C)c1ccccc1. The standard InChI is InChI=1S/C23H20N2O2S/c1-15-21(24-23(26)27-16(2)17-8-4-3-5-9-17)22(28-25-15)20-13-12-18-10-6-7-11-19(18)14-20/h3-14,16H,1-2H3,(H,24,26)/t16-/m1/s1. The van der Waals surface area contributed by atoms with E-state index in [9.17, 15) is 4.79 Å². The van der Waals surface area contributed by atoms with Crippen molar-refractivity contribution < 1.29 is 9.53 Å². The van der Waals surface area contributed by atoms with Gasteiger partial charge in [0.25, 0.3) is 0 Å². The number of carbonyl (C=O) groups is 1. The normalized spacial score (nSPS) is 11.9. The van der Waals surface area contributed by atoms with E-state index in [1.165, 1.54) is 16.9 Å². The van der Waals surface area contributed by atoms with Crippen molar-refractivity contribution in [3.05, 3.63) is 84.1 Å². The molecule has 0 aliphatic rings.